The smallest absolute Gasteiger partial charge is 0.130 e. The quantitative estimate of drug-likeness (QED) is 0.771. The third-order valence-electron chi connectivity index (χ3n) is 2.75. The summed E-state index contributed by atoms with van der Waals surface area (Å²) >= 11 is 0. The van der Waals surface area contributed by atoms with Gasteiger partial charge in [-0.1, -0.05) is 13.8 Å². The van der Waals surface area contributed by atoms with Crippen LogP contribution in [0.4, 0.5) is 5.82 Å². The topological polar surface area (TPSA) is 63.8 Å². The summed E-state index contributed by atoms with van der Waals surface area (Å²) in [5.41, 5.74) is 6.69. The third kappa shape index (κ3) is 3.16. The van der Waals surface area contributed by atoms with E-state index in [2.05, 4.69) is 36.1 Å². The van der Waals surface area contributed by atoms with Crippen molar-refractivity contribution in [3.05, 3.63) is 18.1 Å². The van der Waals surface area contributed by atoms with Crippen molar-refractivity contribution < 1.29 is 0 Å². The second kappa shape index (κ2) is 5.07. The number of hydrogen-bond acceptors (Lipinski definition) is 4. The van der Waals surface area contributed by atoms with Crippen molar-refractivity contribution >= 4 is 5.82 Å². The number of hydrogen-bond donors (Lipinski definition) is 2. The van der Waals surface area contributed by atoms with Crippen LogP contribution in [0, 0.1) is 0 Å². The van der Waals surface area contributed by atoms with Crippen molar-refractivity contribution in [3.63, 3.8) is 0 Å². The Bertz CT molecular complexity index is 307. The van der Waals surface area contributed by atoms with E-state index in [9.17, 15) is 0 Å². The summed E-state index contributed by atoms with van der Waals surface area (Å²) in [5, 5.41) is 3.35. The van der Waals surface area contributed by atoms with Crippen molar-refractivity contribution in [1.29, 1.82) is 0 Å². The van der Waals surface area contributed by atoms with Crippen LogP contribution >= 0.6 is 0 Å². The number of anilines is 1. The van der Waals surface area contributed by atoms with Crippen LogP contribution in [0.15, 0.2) is 12.4 Å². The molecule has 0 aromatic carbocycles. The van der Waals surface area contributed by atoms with Crippen LogP contribution in [0.3, 0.4) is 0 Å². The van der Waals surface area contributed by atoms with E-state index in [4.69, 9.17) is 5.73 Å². The number of aryl methyl sites for hydroxylation is 1. The molecule has 1 aromatic rings. The first-order valence-electron chi connectivity index (χ1n) is 5.42. The van der Waals surface area contributed by atoms with Gasteiger partial charge >= 0.3 is 0 Å². The van der Waals surface area contributed by atoms with Gasteiger partial charge in [0.15, 0.2) is 0 Å². The summed E-state index contributed by atoms with van der Waals surface area (Å²) in [6, 6.07) is 1.98. The van der Waals surface area contributed by atoms with E-state index in [-0.39, 0.29) is 5.54 Å². The van der Waals surface area contributed by atoms with Crippen LogP contribution in [0.25, 0.3) is 0 Å². The van der Waals surface area contributed by atoms with Gasteiger partial charge in [-0.3, -0.25) is 0 Å². The van der Waals surface area contributed by atoms with Crippen LogP contribution in [-0.4, -0.2) is 22.1 Å². The molecule has 1 rings (SSSR count). The molecule has 4 nitrogen and oxygen atoms in total. The summed E-state index contributed by atoms with van der Waals surface area (Å²) < 4.78 is 0. The zero-order chi connectivity index (χ0) is 11.3. The van der Waals surface area contributed by atoms with E-state index in [0.717, 1.165) is 24.4 Å². The lowest BCUT2D eigenvalue weighted by atomic mass is 9.99. The zero-order valence-corrected chi connectivity index (χ0v) is 9.75. The van der Waals surface area contributed by atoms with Crippen LogP contribution in [0.5, 0.6) is 0 Å². The van der Waals surface area contributed by atoms with E-state index < -0.39 is 0 Å². The summed E-state index contributed by atoms with van der Waals surface area (Å²) in [6.07, 6.45) is 3.48. The van der Waals surface area contributed by atoms with E-state index in [1.165, 1.54) is 0 Å². The van der Waals surface area contributed by atoms with Crippen molar-refractivity contribution in [2.45, 2.75) is 39.2 Å². The molecule has 0 aliphatic rings. The summed E-state index contributed by atoms with van der Waals surface area (Å²) in [5.74, 6) is 0.858. The normalized spacial score (nSPS) is 14.7. The van der Waals surface area contributed by atoms with E-state index in [1.807, 2.05) is 6.07 Å². The molecule has 4 heteroatoms. The summed E-state index contributed by atoms with van der Waals surface area (Å²) in [7, 11) is 0. The fourth-order valence-corrected chi connectivity index (χ4v) is 1.25. The average molecular weight is 208 g/mol. The highest BCUT2D eigenvalue weighted by atomic mass is 15.1. The van der Waals surface area contributed by atoms with Gasteiger partial charge in [-0.15, -0.1) is 0 Å². The number of nitrogens with two attached hydrogens (primary N) is 1. The predicted molar refractivity (Wildman–Crippen MR) is 62.8 cm³/mol. The lowest BCUT2D eigenvalue weighted by Crippen LogP contribution is -2.42. The van der Waals surface area contributed by atoms with Gasteiger partial charge in [0.1, 0.15) is 12.1 Å². The van der Waals surface area contributed by atoms with Crippen LogP contribution < -0.4 is 11.1 Å². The lowest BCUT2D eigenvalue weighted by Gasteiger charge is -2.28. The van der Waals surface area contributed by atoms with Gasteiger partial charge in [-0.2, -0.15) is 0 Å². The second-order valence-electron chi connectivity index (χ2n) is 3.99. The second-order valence-corrected chi connectivity index (χ2v) is 3.99. The minimum Gasteiger partial charge on any atom is -0.364 e. The predicted octanol–water partition coefficient (Wildman–Crippen LogP) is 1.58. The molecule has 0 saturated carbocycles. The van der Waals surface area contributed by atoms with Crippen molar-refractivity contribution in [2.75, 3.05) is 11.9 Å². The summed E-state index contributed by atoms with van der Waals surface area (Å²) in [4.78, 5) is 8.35. The van der Waals surface area contributed by atoms with E-state index >= 15 is 0 Å². The van der Waals surface area contributed by atoms with Gasteiger partial charge in [0.05, 0.1) is 0 Å². The Morgan fingerprint density at radius 2 is 2.13 bits per heavy atom. The Hall–Kier alpha value is -1.16. The average Bonchev–Trinajstić information content (AvgIpc) is 2.29. The Kier molecular flexibility index (Phi) is 4.03. The fourth-order valence-electron chi connectivity index (χ4n) is 1.25. The van der Waals surface area contributed by atoms with E-state index in [1.54, 1.807) is 6.33 Å². The first-order valence-corrected chi connectivity index (χ1v) is 5.42. The van der Waals surface area contributed by atoms with Gasteiger partial charge < -0.3 is 11.1 Å². The van der Waals surface area contributed by atoms with Crippen molar-refractivity contribution in [3.8, 4) is 0 Å². The molecule has 1 heterocycles. The standard InChI is InChI=1S/C11H20N4/c1-4-9-6-10(14-8-13-9)15-11(3,5-2)7-12/h6,8H,4-5,7,12H2,1-3H3,(H,13,14,15). The largest absolute Gasteiger partial charge is 0.364 e. The highest BCUT2D eigenvalue weighted by Gasteiger charge is 2.19. The fraction of sp³-hybridized carbons (Fsp3) is 0.636. The number of nitrogens with zero attached hydrogens (tertiary/aromatic N) is 2. The van der Waals surface area contributed by atoms with Gasteiger partial charge in [-0.25, -0.2) is 9.97 Å². The Balaban J connectivity index is 2.79. The van der Waals surface area contributed by atoms with E-state index in [0.29, 0.717) is 6.54 Å². The molecule has 0 saturated heterocycles. The van der Waals surface area contributed by atoms with Crippen molar-refractivity contribution in [1.82, 2.24) is 9.97 Å². The molecule has 0 aliphatic carbocycles. The first kappa shape index (κ1) is 11.9. The molecule has 15 heavy (non-hydrogen) atoms. The van der Waals surface area contributed by atoms with Gasteiger partial charge in [-0.05, 0) is 19.8 Å². The van der Waals surface area contributed by atoms with Gasteiger partial charge in [0.25, 0.3) is 0 Å². The molecular weight excluding hydrogens is 188 g/mol. The number of nitrogens with one attached hydrogen (secondary N) is 1. The van der Waals surface area contributed by atoms with Gasteiger partial charge in [0, 0.05) is 23.8 Å². The zero-order valence-electron chi connectivity index (χ0n) is 9.75. The lowest BCUT2D eigenvalue weighted by molar-refractivity contribution is 0.504. The molecule has 0 bridgehead atoms. The van der Waals surface area contributed by atoms with Crippen LogP contribution in [0.2, 0.25) is 0 Å². The summed E-state index contributed by atoms with van der Waals surface area (Å²) in [6.45, 7) is 6.88. The molecule has 0 aliphatic heterocycles. The number of rotatable bonds is 5. The molecule has 0 radical (unpaired) electrons. The molecule has 84 valence electrons. The molecule has 1 atom stereocenters. The molecule has 1 aromatic heterocycles. The minimum absolute atomic E-state index is 0.0840. The molecule has 0 spiro atoms. The molecule has 1 unspecified atom stereocenters. The molecule has 0 fully saturated rings. The Morgan fingerprint density at radius 3 is 2.67 bits per heavy atom. The third-order valence-corrected chi connectivity index (χ3v) is 2.75. The van der Waals surface area contributed by atoms with Crippen molar-refractivity contribution in [2.24, 2.45) is 5.73 Å². The van der Waals surface area contributed by atoms with Crippen LogP contribution in [-0.2, 0) is 6.42 Å². The maximum absolute atomic E-state index is 5.73. The Morgan fingerprint density at radius 1 is 1.40 bits per heavy atom. The highest BCUT2D eigenvalue weighted by molar-refractivity contribution is 5.38. The SMILES string of the molecule is CCc1cc(NC(C)(CC)CN)ncn1. The molecule has 3 N–H and O–H groups in total. The maximum Gasteiger partial charge on any atom is 0.130 e. The maximum atomic E-state index is 5.73. The molecule has 0 amide bonds. The number of aromatic nitrogens is 2. The van der Waals surface area contributed by atoms with Gasteiger partial charge in [0.2, 0.25) is 0 Å². The minimum atomic E-state index is -0.0840. The van der Waals surface area contributed by atoms with Crippen LogP contribution in [0.1, 0.15) is 32.9 Å². The highest BCUT2D eigenvalue weighted by Crippen LogP contribution is 2.15. The molecular formula is C11H20N4. The monoisotopic (exact) mass is 208 g/mol. The first-order chi connectivity index (χ1) is 7.13. The Labute approximate surface area is 91.3 Å².